The SMILES string of the molecule is COc1ccc(CNC(=O)CCc2nc(-c3cccc(F)c3)no2)cc1OC. The third-order valence-corrected chi connectivity index (χ3v) is 4.05. The number of hydrogen-bond donors (Lipinski definition) is 1. The van der Waals surface area contributed by atoms with Crippen LogP contribution in [0.1, 0.15) is 17.9 Å². The van der Waals surface area contributed by atoms with Crippen LogP contribution in [-0.2, 0) is 17.8 Å². The Bertz CT molecular complexity index is 958. The highest BCUT2D eigenvalue weighted by molar-refractivity contribution is 5.76. The van der Waals surface area contributed by atoms with Gasteiger partial charge in [0.05, 0.1) is 14.2 Å². The Morgan fingerprint density at radius 3 is 2.71 bits per heavy atom. The molecule has 1 amide bonds. The van der Waals surface area contributed by atoms with Crippen molar-refractivity contribution < 1.29 is 23.2 Å². The van der Waals surface area contributed by atoms with E-state index in [0.717, 1.165) is 5.56 Å². The lowest BCUT2D eigenvalue weighted by atomic mass is 10.2. The molecule has 28 heavy (non-hydrogen) atoms. The van der Waals surface area contributed by atoms with Gasteiger partial charge < -0.3 is 19.3 Å². The number of hydrogen-bond acceptors (Lipinski definition) is 6. The fourth-order valence-electron chi connectivity index (χ4n) is 2.60. The molecule has 0 atom stereocenters. The highest BCUT2D eigenvalue weighted by Crippen LogP contribution is 2.27. The first-order chi connectivity index (χ1) is 13.6. The second-order valence-electron chi connectivity index (χ2n) is 5.99. The molecule has 1 N–H and O–H groups in total. The third-order valence-electron chi connectivity index (χ3n) is 4.05. The van der Waals surface area contributed by atoms with Crippen molar-refractivity contribution in [1.82, 2.24) is 15.5 Å². The minimum Gasteiger partial charge on any atom is -0.493 e. The maximum atomic E-state index is 13.3. The van der Waals surface area contributed by atoms with E-state index < -0.39 is 0 Å². The normalized spacial score (nSPS) is 10.5. The molecule has 0 aliphatic carbocycles. The van der Waals surface area contributed by atoms with Gasteiger partial charge in [-0.2, -0.15) is 4.98 Å². The molecule has 0 aliphatic heterocycles. The number of halogens is 1. The highest BCUT2D eigenvalue weighted by Gasteiger charge is 2.12. The molecule has 0 fully saturated rings. The van der Waals surface area contributed by atoms with Gasteiger partial charge >= 0.3 is 0 Å². The van der Waals surface area contributed by atoms with Crippen molar-refractivity contribution in [3.8, 4) is 22.9 Å². The number of ether oxygens (including phenoxy) is 2. The van der Waals surface area contributed by atoms with Crippen molar-refractivity contribution >= 4 is 5.91 Å². The summed E-state index contributed by atoms with van der Waals surface area (Å²) in [5, 5.41) is 6.65. The second kappa shape index (κ2) is 8.98. The molecule has 0 aliphatic rings. The first-order valence-corrected chi connectivity index (χ1v) is 8.65. The Kier molecular flexibility index (Phi) is 6.21. The van der Waals surface area contributed by atoms with Crippen molar-refractivity contribution in [2.75, 3.05) is 14.2 Å². The molecular formula is C20H20FN3O4. The second-order valence-corrected chi connectivity index (χ2v) is 5.99. The van der Waals surface area contributed by atoms with Crippen LogP contribution in [0.2, 0.25) is 0 Å². The first kappa shape index (κ1) is 19.3. The third kappa shape index (κ3) is 4.85. The van der Waals surface area contributed by atoms with Gasteiger partial charge in [0.15, 0.2) is 11.5 Å². The lowest BCUT2D eigenvalue weighted by molar-refractivity contribution is -0.121. The molecule has 8 heteroatoms. The fraction of sp³-hybridized carbons (Fsp3) is 0.250. The summed E-state index contributed by atoms with van der Waals surface area (Å²) in [6, 6.07) is 11.4. The molecule has 3 rings (SSSR count). The zero-order valence-corrected chi connectivity index (χ0v) is 15.6. The van der Waals surface area contributed by atoms with E-state index in [2.05, 4.69) is 15.5 Å². The Hall–Kier alpha value is -3.42. The maximum absolute atomic E-state index is 13.3. The van der Waals surface area contributed by atoms with Crippen LogP contribution in [0, 0.1) is 5.82 Å². The summed E-state index contributed by atoms with van der Waals surface area (Å²) in [4.78, 5) is 16.3. The van der Waals surface area contributed by atoms with Gasteiger partial charge in [-0.3, -0.25) is 4.79 Å². The largest absolute Gasteiger partial charge is 0.493 e. The van der Waals surface area contributed by atoms with Crippen LogP contribution in [-0.4, -0.2) is 30.3 Å². The van der Waals surface area contributed by atoms with Crippen LogP contribution in [0.5, 0.6) is 11.5 Å². The predicted octanol–water partition coefficient (Wildman–Crippen LogP) is 3.14. The lowest BCUT2D eigenvalue weighted by Crippen LogP contribution is -2.23. The standard InChI is InChI=1S/C20H20FN3O4/c1-26-16-7-6-13(10-17(16)27-2)12-22-18(25)8-9-19-23-20(24-28-19)14-4-3-5-15(21)11-14/h3-7,10-11H,8-9,12H2,1-2H3,(H,22,25). The van der Waals surface area contributed by atoms with Gasteiger partial charge in [-0.15, -0.1) is 0 Å². The van der Waals surface area contributed by atoms with Crippen LogP contribution < -0.4 is 14.8 Å². The lowest BCUT2D eigenvalue weighted by Gasteiger charge is -2.10. The molecule has 1 aromatic heterocycles. The molecular weight excluding hydrogens is 365 g/mol. The van der Waals surface area contributed by atoms with E-state index >= 15 is 0 Å². The van der Waals surface area contributed by atoms with Gasteiger partial charge in [-0.05, 0) is 29.8 Å². The van der Waals surface area contributed by atoms with Gasteiger partial charge in [-0.25, -0.2) is 4.39 Å². The van der Waals surface area contributed by atoms with Crippen molar-refractivity contribution in [3.05, 3.63) is 59.7 Å². The number of amides is 1. The zero-order chi connectivity index (χ0) is 19.9. The molecule has 0 saturated carbocycles. The molecule has 0 unspecified atom stereocenters. The number of aryl methyl sites for hydroxylation is 1. The number of nitrogens with zero attached hydrogens (tertiary/aromatic N) is 2. The summed E-state index contributed by atoms with van der Waals surface area (Å²) >= 11 is 0. The average Bonchev–Trinajstić information content (AvgIpc) is 3.19. The molecule has 3 aromatic rings. The number of aromatic nitrogens is 2. The minimum absolute atomic E-state index is 0.153. The van der Waals surface area contributed by atoms with Crippen molar-refractivity contribution in [3.63, 3.8) is 0 Å². The number of nitrogens with one attached hydrogen (secondary N) is 1. The molecule has 1 heterocycles. The van der Waals surface area contributed by atoms with E-state index in [0.29, 0.717) is 41.7 Å². The first-order valence-electron chi connectivity index (χ1n) is 8.65. The number of rotatable bonds is 8. The summed E-state index contributed by atoms with van der Waals surface area (Å²) in [5.74, 6) is 1.31. The van der Waals surface area contributed by atoms with E-state index in [1.807, 2.05) is 12.1 Å². The van der Waals surface area contributed by atoms with Crippen LogP contribution in [0.4, 0.5) is 4.39 Å². The van der Waals surface area contributed by atoms with Crippen molar-refractivity contribution in [2.24, 2.45) is 0 Å². The van der Waals surface area contributed by atoms with Crippen molar-refractivity contribution in [1.29, 1.82) is 0 Å². The minimum atomic E-state index is -0.376. The molecule has 0 bridgehead atoms. The molecule has 146 valence electrons. The van der Waals surface area contributed by atoms with E-state index in [1.165, 1.54) is 12.1 Å². The van der Waals surface area contributed by atoms with Crippen LogP contribution >= 0.6 is 0 Å². The number of carbonyl (C=O) groups is 1. The Morgan fingerprint density at radius 2 is 1.96 bits per heavy atom. The summed E-state index contributed by atoms with van der Waals surface area (Å²) < 4.78 is 28.8. The van der Waals surface area contributed by atoms with E-state index in [1.54, 1.807) is 32.4 Å². The van der Waals surface area contributed by atoms with Gasteiger partial charge in [0.2, 0.25) is 17.6 Å². The summed E-state index contributed by atoms with van der Waals surface area (Å²) in [6.45, 7) is 0.359. The topological polar surface area (TPSA) is 86.5 Å². The number of carbonyl (C=O) groups excluding carboxylic acids is 1. The Morgan fingerprint density at radius 1 is 1.14 bits per heavy atom. The molecule has 0 radical (unpaired) electrons. The quantitative estimate of drug-likeness (QED) is 0.641. The van der Waals surface area contributed by atoms with Crippen LogP contribution in [0.3, 0.4) is 0 Å². The van der Waals surface area contributed by atoms with E-state index in [4.69, 9.17) is 14.0 Å². The average molecular weight is 385 g/mol. The maximum Gasteiger partial charge on any atom is 0.227 e. The predicted molar refractivity (Wildman–Crippen MR) is 99.4 cm³/mol. The number of benzene rings is 2. The monoisotopic (exact) mass is 385 g/mol. The molecule has 0 spiro atoms. The Balaban J connectivity index is 1.51. The smallest absolute Gasteiger partial charge is 0.227 e. The highest BCUT2D eigenvalue weighted by atomic mass is 19.1. The van der Waals surface area contributed by atoms with Crippen molar-refractivity contribution in [2.45, 2.75) is 19.4 Å². The molecule has 0 saturated heterocycles. The Labute approximate surface area is 161 Å². The van der Waals surface area contributed by atoms with Crippen LogP contribution in [0.25, 0.3) is 11.4 Å². The zero-order valence-electron chi connectivity index (χ0n) is 15.6. The van der Waals surface area contributed by atoms with Crippen LogP contribution in [0.15, 0.2) is 47.0 Å². The summed E-state index contributed by atoms with van der Waals surface area (Å²) in [6.07, 6.45) is 0.484. The van der Waals surface area contributed by atoms with Gasteiger partial charge in [-0.1, -0.05) is 23.4 Å². The van der Waals surface area contributed by atoms with E-state index in [9.17, 15) is 9.18 Å². The van der Waals surface area contributed by atoms with Gasteiger partial charge in [0, 0.05) is 24.9 Å². The molecule has 2 aromatic carbocycles. The summed E-state index contributed by atoms with van der Waals surface area (Å²) in [5.41, 5.74) is 1.41. The summed E-state index contributed by atoms with van der Waals surface area (Å²) in [7, 11) is 3.12. The number of methoxy groups -OCH3 is 2. The fourth-order valence-corrected chi connectivity index (χ4v) is 2.60. The van der Waals surface area contributed by atoms with Gasteiger partial charge in [0.1, 0.15) is 5.82 Å². The van der Waals surface area contributed by atoms with Gasteiger partial charge in [0.25, 0.3) is 0 Å². The van der Waals surface area contributed by atoms with E-state index in [-0.39, 0.29) is 18.1 Å². The molecule has 7 nitrogen and oxygen atoms in total.